The number of carbonyl (C=O) groups excluding carboxylic acids is 1. The van der Waals surface area contributed by atoms with Crippen LogP contribution < -0.4 is 0 Å². The zero-order valence-electron chi connectivity index (χ0n) is 8.14. The zero-order valence-corrected chi connectivity index (χ0v) is 8.14. The van der Waals surface area contributed by atoms with Gasteiger partial charge in [-0.15, -0.1) is 0 Å². The largest absolute Gasteiger partial charge is 0.481 e. The van der Waals surface area contributed by atoms with Gasteiger partial charge >= 0.3 is 5.97 Å². The Balaban J connectivity index is 2.26. The van der Waals surface area contributed by atoms with Crippen LogP contribution in [-0.4, -0.2) is 21.8 Å². The minimum absolute atomic E-state index is 0.350. The first-order valence-corrected chi connectivity index (χ1v) is 4.88. The van der Waals surface area contributed by atoms with Crippen molar-refractivity contribution in [1.29, 1.82) is 0 Å². The van der Waals surface area contributed by atoms with E-state index < -0.39 is 12.4 Å². The first-order valence-electron chi connectivity index (χ1n) is 4.88. The van der Waals surface area contributed by atoms with E-state index in [1.807, 2.05) is 0 Å². The van der Waals surface area contributed by atoms with E-state index in [9.17, 15) is 9.59 Å². The van der Waals surface area contributed by atoms with E-state index >= 15 is 0 Å². The van der Waals surface area contributed by atoms with Crippen molar-refractivity contribution in [2.24, 2.45) is 0 Å². The Labute approximate surface area is 87.0 Å². The molecule has 1 saturated carbocycles. The molecule has 1 aliphatic rings. The molecule has 0 atom stereocenters. The number of hydrogen-bond donors (Lipinski definition) is 1. The van der Waals surface area contributed by atoms with Crippen LogP contribution in [0.3, 0.4) is 0 Å². The standard InChI is InChI=1S/C11H11NO3/c13-9(6-10(14)15)8-2-1-5-12-11(8)7-3-4-7/h1-2,5,7H,3-4,6H2,(H,14,15). The summed E-state index contributed by atoms with van der Waals surface area (Å²) in [5.41, 5.74) is 1.24. The molecule has 1 aromatic heterocycles. The Morgan fingerprint density at radius 1 is 1.47 bits per heavy atom. The van der Waals surface area contributed by atoms with Gasteiger partial charge in [-0.3, -0.25) is 14.6 Å². The van der Waals surface area contributed by atoms with Crippen molar-refractivity contribution in [2.45, 2.75) is 25.2 Å². The molecule has 78 valence electrons. The number of Topliss-reactive ketones (excluding diaryl/α,β-unsaturated/α-hetero) is 1. The van der Waals surface area contributed by atoms with E-state index in [0.717, 1.165) is 18.5 Å². The fraction of sp³-hybridized carbons (Fsp3) is 0.364. The molecule has 1 heterocycles. The van der Waals surface area contributed by atoms with E-state index in [1.54, 1.807) is 18.3 Å². The molecule has 1 aliphatic carbocycles. The Hall–Kier alpha value is -1.71. The quantitative estimate of drug-likeness (QED) is 0.599. The first kappa shape index (κ1) is 9.83. The average Bonchev–Trinajstić information content (AvgIpc) is 3.00. The lowest BCUT2D eigenvalue weighted by Crippen LogP contribution is -2.10. The van der Waals surface area contributed by atoms with E-state index in [-0.39, 0.29) is 5.78 Å². The van der Waals surface area contributed by atoms with Gasteiger partial charge in [-0.2, -0.15) is 0 Å². The second-order valence-electron chi connectivity index (χ2n) is 3.70. The van der Waals surface area contributed by atoms with E-state index in [1.165, 1.54) is 0 Å². The number of carbonyl (C=O) groups is 2. The van der Waals surface area contributed by atoms with Gasteiger partial charge < -0.3 is 5.11 Å². The Morgan fingerprint density at radius 3 is 2.80 bits per heavy atom. The summed E-state index contributed by atoms with van der Waals surface area (Å²) in [4.78, 5) is 26.2. The highest BCUT2D eigenvalue weighted by atomic mass is 16.4. The monoisotopic (exact) mass is 205 g/mol. The van der Waals surface area contributed by atoms with Gasteiger partial charge in [-0.25, -0.2) is 0 Å². The molecule has 4 nitrogen and oxygen atoms in total. The van der Waals surface area contributed by atoms with Gasteiger partial charge in [0.1, 0.15) is 6.42 Å². The minimum Gasteiger partial charge on any atom is -0.481 e. The summed E-state index contributed by atoms with van der Waals surface area (Å²) in [6, 6.07) is 3.33. The number of aliphatic carboxylic acids is 1. The normalized spacial score (nSPS) is 14.9. The molecule has 2 rings (SSSR count). The lowest BCUT2D eigenvalue weighted by molar-refractivity contribution is -0.135. The molecule has 1 N–H and O–H groups in total. The van der Waals surface area contributed by atoms with Crippen molar-refractivity contribution < 1.29 is 14.7 Å². The molecule has 1 aromatic rings. The summed E-state index contributed by atoms with van der Waals surface area (Å²) in [5, 5.41) is 8.55. The summed E-state index contributed by atoms with van der Waals surface area (Å²) in [6.45, 7) is 0. The molecule has 0 bridgehead atoms. The van der Waals surface area contributed by atoms with Crippen molar-refractivity contribution in [3.63, 3.8) is 0 Å². The van der Waals surface area contributed by atoms with Gasteiger partial charge in [0.2, 0.25) is 0 Å². The molecule has 15 heavy (non-hydrogen) atoms. The molecule has 0 radical (unpaired) electrons. The van der Waals surface area contributed by atoms with Gasteiger partial charge in [0.25, 0.3) is 0 Å². The molecule has 0 unspecified atom stereocenters. The Bertz CT molecular complexity index is 410. The van der Waals surface area contributed by atoms with Gasteiger partial charge in [-0.1, -0.05) is 0 Å². The smallest absolute Gasteiger partial charge is 0.311 e. The SMILES string of the molecule is O=C(O)CC(=O)c1cccnc1C1CC1. The van der Waals surface area contributed by atoms with Crippen molar-refractivity contribution in [3.8, 4) is 0 Å². The van der Waals surface area contributed by atoms with Crippen LogP contribution >= 0.6 is 0 Å². The number of carboxylic acid groups (broad SMARTS) is 1. The minimum atomic E-state index is -1.09. The van der Waals surface area contributed by atoms with Crippen LogP contribution in [-0.2, 0) is 4.79 Å². The highest BCUT2D eigenvalue weighted by Crippen LogP contribution is 2.40. The van der Waals surface area contributed by atoms with Gasteiger partial charge in [0, 0.05) is 17.7 Å². The molecule has 0 amide bonds. The van der Waals surface area contributed by atoms with E-state index in [4.69, 9.17) is 5.11 Å². The number of carboxylic acids is 1. The third kappa shape index (κ3) is 2.21. The van der Waals surface area contributed by atoms with Crippen LogP contribution in [0.4, 0.5) is 0 Å². The highest BCUT2D eigenvalue weighted by Gasteiger charge is 2.29. The molecule has 0 spiro atoms. The first-order chi connectivity index (χ1) is 7.18. The van der Waals surface area contributed by atoms with Gasteiger partial charge in [0.15, 0.2) is 5.78 Å². The molecule has 4 heteroatoms. The average molecular weight is 205 g/mol. The second-order valence-corrected chi connectivity index (χ2v) is 3.70. The number of pyridine rings is 1. The third-order valence-corrected chi connectivity index (χ3v) is 2.41. The predicted molar refractivity (Wildman–Crippen MR) is 52.8 cm³/mol. The molecular weight excluding hydrogens is 194 g/mol. The lowest BCUT2D eigenvalue weighted by Gasteiger charge is -2.04. The summed E-state index contributed by atoms with van der Waals surface area (Å²) in [7, 11) is 0. The Kier molecular flexibility index (Phi) is 2.49. The molecule has 1 fully saturated rings. The topological polar surface area (TPSA) is 67.3 Å². The van der Waals surface area contributed by atoms with Crippen molar-refractivity contribution in [3.05, 3.63) is 29.6 Å². The van der Waals surface area contributed by atoms with Crippen molar-refractivity contribution >= 4 is 11.8 Å². The summed E-state index contributed by atoms with van der Waals surface area (Å²) in [6.07, 6.45) is 3.28. The molecule has 0 aromatic carbocycles. The van der Waals surface area contributed by atoms with Crippen LogP contribution in [0, 0.1) is 0 Å². The second kappa shape index (κ2) is 3.81. The number of hydrogen-bond acceptors (Lipinski definition) is 3. The number of aromatic nitrogens is 1. The van der Waals surface area contributed by atoms with Gasteiger partial charge in [0.05, 0.1) is 5.69 Å². The maximum atomic E-state index is 11.6. The molecule has 0 aliphatic heterocycles. The zero-order chi connectivity index (χ0) is 10.8. The predicted octanol–water partition coefficient (Wildman–Crippen LogP) is 1.62. The molecule has 0 saturated heterocycles. The van der Waals surface area contributed by atoms with E-state index in [2.05, 4.69) is 4.98 Å². The maximum Gasteiger partial charge on any atom is 0.311 e. The number of rotatable bonds is 4. The summed E-state index contributed by atoms with van der Waals surface area (Å²) < 4.78 is 0. The maximum absolute atomic E-state index is 11.6. The fourth-order valence-corrected chi connectivity index (χ4v) is 1.57. The van der Waals surface area contributed by atoms with Crippen LogP contribution in [0.25, 0.3) is 0 Å². The van der Waals surface area contributed by atoms with E-state index in [0.29, 0.717) is 11.5 Å². The molecular formula is C11H11NO3. The summed E-state index contributed by atoms with van der Waals surface area (Å²) in [5.74, 6) is -1.08. The van der Waals surface area contributed by atoms with Crippen LogP contribution in [0.1, 0.15) is 41.2 Å². The van der Waals surface area contributed by atoms with Crippen molar-refractivity contribution in [2.75, 3.05) is 0 Å². The number of ketones is 1. The Morgan fingerprint density at radius 2 is 2.20 bits per heavy atom. The van der Waals surface area contributed by atoms with Crippen LogP contribution in [0.15, 0.2) is 18.3 Å². The fourth-order valence-electron chi connectivity index (χ4n) is 1.57. The van der Waals surface area contributed by atoms with Gasteiger partial charge in [-0.05, 0) is 25.0 Å². The third-order valence-electron chi connectivity index (χ3n) is 2.41. The highest BCUT2D eigenvalue weighted by molar-refractivity contribution is 6.06. The lowest BCUT2D eigenvalue weighted by atomic mass is 10.0. The van der Waals surface area contributed by atoms with Crippen molar-refractivity contribution in [1.82, 2.24) is 4.98 Å². The summed E-state index contributed by atoms with van der Waals surface area (Å²) >= 11 is 0. The van der Waals surface area contributed by atoms with Crippen LogP contribution in [0.5, 0.6) is 0 Å². The number of nitrogens with zero attached hydrogens (tertiary/aromatic N) is 1. The van der Waals surface area contributed by atoms with Crippen LogP contribution in [0.2, 0.25) is 0 Å².